The molecule has 2 aliphatic rings. The van der Waals surface area contributed by atoms with E-state index >= 15 is 0 Å². The predicted molar refractivity (Wildman–Crippen MR) is 84.7 cm³/mol. The van der Waals surface area contributed by atoms with Crippen LogP contribution in [0.5, 0.6) is 0 Å². The molecular formula is C18H33N. The molecule has 0 aromatic heterocycles. The van der Waals surface area contributed by atoms with Crippen molar-refractivity contribution in [3.63, 3.8) is 0 Å². The lowest BCUT2D eigenvalue weighted by Crippen LogP contribution is -2.24. The monoisotopic (exact) mass is 263 g/mol. The summed E-state index contributed by atoms with van der Waals surface area (Å²) >= 11 is 0. The molecule has 0 heterocycles. The van der Waals surface area contributed by atoms with E-state index in [2.05, 4.69) is 25.8 Å². The van der Waals surface area contributed by atoms with Crippen LogP contribution in [0.15, 0.2) is 4.99 Å². The molecule has 0 spiro atoms. The highest BCUT2D eigenvalue weighted by Crippen LogP contribution is 2.52. The SMILES string of the molecule is C/C=N\CCC(C)C(C)C1CC2CCCCC2C1C. The Kier molecular flexibility index (Phi) is 5.47. The van der Waals surface area contributed by atoms with Gasteiger partial charge in [-0.3, -0.25) is 4.99 Å². The van der Waals surface area contributed by atoms with Gasteiger partial charge in [0.05, 0.1) is 0 Å². The Bertz CT molecular complexity index is 296. The van der Waals surface area contributed by atoms with E-state index in [0.29, 0.717) is 0 Å². The lowest BCUT2D eigenvalue weighted by atomic mass is 9.75. The number of nitrogens with zero attached hydrogens (tertiary/aromatic N) is 1. The van der Waals surface area contributed by atoms with Crippen molar-refractivity contribution in [2.45, 2.75) is 66.2 Å². The lowest BCUT2D eigenvalue weighted by Gasteiger charge is -2.31. The second-order valence-electron chi connectivity index (χ2n) is 7.26. The summed E-state index contributed by atoms with van der Waals surface area (Å²) in [5, 5.41) is 0. The lowest BCUT2D eigenvalue weighted by molar-refractivity contribution is 0.185. The highest BCUT2D eigenvalue weighted by Gasteiger charge is 2.43. The molecule has 0 aromatic carbocycles. The molecule has 1 nitrogen and oxygen atoms in total. The molecule has 0 aromatic rings. The molecule has 0 bridgehead atoms. The zero-order valence-corrected chi connectivity index (χ0v) is 13.4. The molecule has 2 saturated carbocycles. The normalized spacial score (nSPS) is 38.3. The van der Waals surface area contributed by atoms with Crippen LogP contribution in [0, 0.1) is 35.5 Å². The van der Waals surface area contributed by atoms with Crippen LogP contribution in [0.4, 0.5) is 0 Å². The summed E-state index contributed by atoms with van der Waals surface area (Å²) in [6.07, 6.45) is 10.8. The number of hydrogen-bond donors (Lipinski definition) is 0. The average Bonchev–Trinajstić information content (AvgIpc) is 2.76. The molecular weight excluding hydrogens is 230 g/mol. The van der Waals surface area contributed by atoms with Crippen LogP contribution in [-0.2, 0) is 0 Å². The van der Waals surface area contributed by atoms with Crippen LogP contribution in [0.2, 0.25) is 0 Å². The van der Waals surface area contributed by atoms with Crippen molar-refractivity contribution in [3.8, 4) is 0 Å². The molecule has 0 N–H and O–H groups in total. The first-order valence-electron chi connectivity index (χ1n) is 8.59. The van der Waals surface area contributed by atoms with Gasteiger partial charge in [0.1, 0.15) is 0 Å². The maximum atomic E-state index is 4.39. The summed E-state index contributed by atoms with van der Waals surface area (Å²) in [4.78, 5) is 4.39. The Hall–Kier alpha value is -0.330. The van der Waals surface area contributed by atoms with Gasteiger partial charge in [-0.25, -0.2) is 0 Å². The molecule has 6 atom stereocenters. The van der Waals surface area contributed by atoms with Crippen LogP contribution >= 0.6 is 0 Å². The third-order valence-electron chi connectivity index (χ3n) is 6.36. The fourth-order valence-corrected chi connectivity index (χ4v) is 4.89. The summed E-state index contributed by atoms with van der Waals surface area (Å²) in [6.45, 7) is 10.6. The van der Waals surface area contributed by atoms with Gasteiger partial charge in [-0.05, 0) is 67.9 Å². The van der Waals surface area contributed by atoms with Crippen molar-refractivity contribution < 1.29 is 0 Å². The topological polar surface area (TPSA) is 12.4 Å². The minimum atomic E-state index is 0.830. The van der Waals surface area contributed by atoms with Crippen molar-refractivity contribution in [2.24, 2.45) is 40.5 Å². The van der Waals surface area contributed by atoms with Gasteiger partial charge in [0, 0.05) is 6.54 Å². The first kappa shape index (κ1) is 15.1. The first-order valence-corrected chi connectivity index (χ1v) is 8.59. The van der Waals surface area contributed by atoms with Gasteiger partial charge in [0.25, 0.3) is 0 Å². The Morgan fingerprint density at radius 1 is 1.21 bits per heavy atom. The molecule has 0 amide bonds. The Morgan fingerprint density at radius 3 is 2.63 bits per heavy atom. The largest absolute Gasteiger partial charge is 0.298 e. The zero-order valence-electron chi connectivity index (χ0n) is 13.4. The van der Waals surface area contributed by atoms with E-state index in [4.69, 9.17) is 0 Å². The number of aliphatic imine (C=N–C) groups is 1. The van der Waals surface area contributed by atoms with Gasteiger partial charge in [-0.15, -0.1) is 0 Å². The van der Waals surface area contributed by atoms with Gasteiger partial charge in [-0.2, -0.15) is 0 Å². The highest BCUT2D eigenvalue weighted by molar-refractivity contribution is 5.53. The van der Waals surface area contributed by atoms with Crippen LogP contribution in [0.25, 0.3) is 0 Å². The number of hydrogen-bond acceptors (Lipinski definition) is 1. The van der Waals surface area contributed by atoms with Crippen LogP contribution in [-0.4, -0.2) is 12.8 Å². The van der Waals surface area contributed by atoms with Crippen molar-refractivity contribution in [1.82, 2.24) is 0 Å². The van der Waals surface area contributed by atoms with Gasteiger partial charge >= 0.3 is 0 Å². The standard InChI is InChI=1S/C18H33N/c1-5-19-11-10-13(2)14(3)18-12-16-8-6-7-9-17(16)15(18)4/h5,13-18H,6-12H2,1-4H3/b19-5-. The maximum Gasteiger partial charge on any atom is 0.0387 e. The summed E-state index contributed by atoms with van der Waals surface area (Å²) in [7, 11) is 0. The zero-order chi connectivity index (χ0) is 13.8. The summed E-state index contributed by atoms with van der Waals surface area (Å²) in [5.41, 5.74) is 0. The van der Waals surface area contributed by atoms with Crippen molar-refractivity contribution in [2.75, 3.05) is 6.54 Å². The Balaban J connectivity index is 1.89. The average molecular weight is 263 g/mol. The van der Waals surface area contributed by atoms with E-state index in [0.717, 1.165) is 42.1 Å². The number of fused-ring (bicyclic) bond motifs is 1. The summed E-state index contributed by atoms with van der Waals surface area (Å²) in [5.74, 6) is 5.79. The third-order valence-corrected chi connectivity index (χ3v) is 6.36. The Labute approximate surface area is 120 Å². The smallest absolute Gasteiger partial charge is 0.0387 e. The van der Waals surface area contributed by atoms with Crippen molar-refractivity contribution in [1.29, 1.82) is 0 Å². The molecule has 2 fully saturated rings. The second kappa shape index (κ2) is 6.90. The van der Waals surface area contributed by atoms with Crippen LogP contribution in [0.3, 0.4) is 0 Å². The molecule has 0 aliphatic heterocycles. The third kappa shape index (κ3) is 3.41. The van der Waals surface area contributed by atoms with E-state index in [1.807, 2.05) is 13.1 Å². The molecule has 19 heavy (non-hydrogen) atoms. The highest BCUT2D eigenvalue weighted by atomic mass is 14.7. The van der Waals surface area contributed by atoms with E-state index in [1.165, 1.54) is 38.5 Å². The van der Waals surface area contributed by atoms with Crippen molar-refractivity contribution in [3.05, 3.63) is 0 Å². The minimum Gasteiger partial charge on any atom is -0.298 e. The van der Waals surface area contributed by atoms with Gasteiger partial charge in [0.15, 0.2) is 0 Å². The fraction of sp³-hybridized carbons (Fsp3) is 0.944. The Morgan fingerprint density at radius 2 is 1.95 bits per heavy atom. The quantitative estimate of drug-likeness (QED) is 0.604. The molecule has 6 unspecified atom stereocenters. The molecule has 0 saturated heterocycles. The van der Waals surface area contributed by atoms with Gasteiger partial charge < -0.3 is 0 Å². The second-order valence-corrected chi connectivity index (χ2v) is 7.26. The molecule has 2 rings (SSSR count). The van der Waals surface area contributed by atoms with E-state index in [9.17, 15) is 0 Å². The van der Waals surface area contributed by atoms with E-state index in [1.54, 1.807) is 0 Å². The first-order chi connectivity index (χ1) is 9.15. The van der Waals surface area contributed by atoms with E-state index in [-0.39, 0.29) is 0 Å². The molecule has 1 heteroatoms. The van der Waals surface area contributed by atoms with Gasteiger partial charge in [0.2, 0.25) is 0 Å². The van der Waals surface area contributed by atoms with Crippen LogP contribution < -0.4 is 0 Å². The molecule has 2 aliphatic carbocycles. The van der Waals surface area contributed by atoms with Crippen LogP contribution in [0.1, 0.15) is 66.2 Å². The van der Waals surface area contributed by atoms with Crippen molar-refractivity contribution >= 4 is 6.21 Å². The predicted octanol–water partition coefficient (Wildman–Crippen LogP) is 5.20. The fourth-order valence-electron chi connectivity index (χ4n) is 4.89. The molecule has 110 valence electrons. The number of rotatable bonds is 5. The summed E-state index contributed by atoms with van der Waals surface area (Å²) < 4.78 is 0. The van der Waals surface area contributed by atoms with E-state index < -0.39 is 0 Å². The van der Waals surface area contributed by atoms with Gasteiger partial charge in [-0.1, -0.05) is 40.0 Å². The molecule has 0 radical (unpaired) electrons. The maximum absolute atomic E-state index is 4.39. The summed E-state index contributed by atoms with van der Waals surface area (Å²) in [6, 6.07) is 0. The minimum absolute atomic E-state index is 0.830.